The minimum atomic E-state index is -4.52. The minimum Gasteiger partial charge on any atom is -0.480 e. The number of carbonyl (C=O) groups is 1. The molecule has 5 nitrogen and oxygen atoms in total. The molecular weight excluding hydrogens is 257 g/mol. The molecule has 0 saturated carbocycles. The van der Waals surface area contributed by atoms with Crippen LogP contribution in [0.5, 0.6) is 17.2 Å². The Balaban J connectivity index is 2.30. The van der Waals surface area contributed by atoms with Gasteiger partial charge in [0.2, 0.25) is 12.5 Å². The number of ether oxygens (including phenoxy) is 3. The summed E-state index contributed by atoms with van der Waals surface area (Å²) in [6.07, 6.45) is -4.52. The quantitative estimate of drug-likeness (QED) is 0.905. The summed E-state index contributed by atoms with van der Waals surface area (Å²) in [6, 6.07) is 2.12. The van der Waals surface area contributed by atoms with E-state index in [1.165, 1.54) is 0 Å². The number of benzene rings is 1. The minimum absolute atomic E-state index is 0.0238. The summed E-state index contributed by atoms with van der Waals surface area (Å²) in [5.41, 5.74) is -0.239. The fourth-order valence-corrected chi connectivity index (χ4v) is 1.37. The summed E-state index contributed by atoms with van der Waals surface area (Å²) in [4.78, 5) is 10.8. The van der Waals surface area contributed by atoms with Gasteiger partial charge in [0.1, 0.15) is 0 Å². The van der Waals surface area contributed by atoms with Gasteiger partial charge in [-0.1, -0.05) is 0 Å². The van der Waals surface area contributed by atoms with Gasteiger partial charge >= 0.3 is 12.1 Å². The second kappa shape index (κ2) is 4.28. The van der Waals surface area contributed by atoms with E-state index in [2.05, 4.69) is 4.74 Å². The van der Waals surface area contributed by atoms with Crippen molar-refractivity contribution in [1.29, 1.82) is 0 Å². The smallest absolute Gasteiger partial charge is 0.422 e. The van der Waals surface area contributed by atoms with E-state index in [0.29, 0.717) is 0 Å². The van der Waals surface area contributed by atoms with E-state index in [-0.39, 0.29) is 29.6 Å². The van der Waals surface area contributed by atoms with E-state index in [0.717, 1.165) is 12.1 Å². The fourth-order valence-electron chi connectivity index (χ4n) is 1.37. The molecular formula is C10H7F3O5. The Morgan fingerprint density at radius 2 is 2.11 bits per heavy atom. The third kappa shape index (κ3) is 2.58. The molecule has 2 rings (SSSR count). The maximum atomic E-state index is 12.0. The SMILES string of the molecule is O=C(O)c1cc2c(c(OCC(F)(F)F)c1)OCO2. The van der Waals surface area contributed by atoms with Gasteiger partial charge in [0, 0.05) is 0 Å². The molecule has 1 aliphatic heterocycles. The highest BCUT2D eigenvalue weighted by atomic mass is 19.4. The van der Waals surface area contributed by atoms with E-state index in [1.807, 2.05) is 0 Å². The van der Waals surface area contributed by atoms with Crippen molar-refractivity contribution in [1.82, 2.24) is 0 Å². The van der Waals surface area contributed by atoms with Gasteiger partial charge in [-0.05, 0) is 12.1 Å². The number of rotatable bonds is 3. The van der Waals surface area contributed by atoms with Crippen molar-refractivity contribution in [2.45, 2.75) is 6.18 Å². The third-order valence-corrected chi connectivity index (χ3v) is 2.08. The molecule has 1 heterocycles. The van der Waals surface area contributed by atoms with Crippen LogP contribution in [0, 0.1) is 0 Å². The molecule has 0 unspecified atom stereocenters. The molecule has 1 aromatic rings. The van der Waals surface area contributed by atoms with Crippen LogP contribution in [0.1, 0.15) is 10.4 Å². The number of alkyl halides is 3. The zero-order valence-corrected chi connectivity index (χ0v) is 8.78. The molecule has 1 aromatic carbocycles. The van der Waals surface area contributed by atoms with E-state index < -0.39 is 18.8 Å². The molecule has 0 radical (unpaired) electrons. The Labute approximate surface area is 98.7 Å². The standard InChI is InChI=1S/C10H7F3O5/c11-10(12,13)3-16-6-1-5(9(14)15)2-7-8(6)18-4-17-7/h1-2H,3-4H2,(H,14,15). The van der Waals surface area contributed by atoms with Crippen LogP contribution in [0.3, 0.4) is 0 Å². The van der Waals surface area contributed by atoms with Crippen LogP contribution in [-0.2, 0) is 0 Å². The number of halogens is 3. The molecule has 1 aliphatic rings. The summed E-state index contributed by atoms with van der Waals surface area (Å²) in [6.45, 7) is -1.73. The fraction of sp³-hybridized carbons (Fsp3) is 0.300. The first-order valence-electron chi connectivity index (χ1n) is 4.73. The highest BCUT2D eigenvalue weighted by molar-refractivity contribution is 5.89. The molecule has 0 fully saturated rings. The van der Waals surface area contributed by atoms with Crippen LogP contribution >= 0.6 is 0 Å². The maximum absolute atomic E-state index is 12.0. The predicted octanol–water partition coefficient (Wildman–Crippen LogP) is 2.05. The van der Waals surface area contributed by atoms with Crippen LogP contribution in [-0.4, -0.2) is 30.7 Å². The summed E-state index contributed by atoms with van der Waals surface area (Å²) < 4.78 is 50.5. The molecule has 8 heteroatoms. The molecule has 0 atom stereocenters. The first-order valence-corrected chi connectivity index (χ1v) is 4.73. The Kier molecular flexibility index (Phi) is 2.93. The first-order chi connectivity index (χ1) is 8.37. The lowest BCUT2D eigenvalue weighted by Gasteiger charge is -2.11. The molecule has 0 spiro atoms. The summed E-state index contributed by atoms with van der Waals surface area (Å²) >= 11 is 0. The van der Waals surface area contributed by atoms with E-state index in [1.54, 1.807) is 0 Å². The van der Waals surface area contributed by atoms with Gasteiger partial charge in [0.05, 0.1) is 5.56 Å². The summed E-state index contributed by atoms with van der Waals surface area (Å²) in [7, 11) is 0. The maximum Gasteiger partial charge on any atom is 0.422 e. The number of aromatic carboxylic acids is 1. The van der Waals surface area contributed by atoms with Crippen molar-refractivity contribution in [3.63, 3.8) is 0 Å². The summed E-state index contributed by atoms with van der Waals surface area (Å²) in [5, 5.41) is 8.79. The predicted molar refractivity (Wildman–Crippen MR) is 51.1 cm³/mol. The highest BCUT2D eigenvalue weighted by Crippen LogP contribution is 2.42. The van der Waals surface area contributed by atoms with E-state index >= 15 is 0 Å². The molecule has 1 N–H and O–H groups in total. The monoisotopic (exact) mass is 264 g/mol. The van der Waals surface area contributed by atoms with Gasteiger partial charge in [-0.25, -0.2) is 4.79 Å². The molecule has 0 bridgehead atoms. The molecule has 98 valence electrons. The van der Waals surface area contributed by atoms with Crippen molar-refractivity contribution in [2.75, 3.05) is 13.4 Å². The lowest BCUT2D eigenvalue weighted by atomic mass is 10.2. The average molecular weight is 264 g/mol. The number of carboxylic acid groups (broad SMARTS) is 1. The molecule has 0 amide bonds. The average Bonchev–Trinajstić information content (AvgIpc) is 2.72. The van der Waals surface area contributed by atoms with Crippen LogP contribution in [0.4, 0.5) is 13.2 Å². The molecule has 0 aromatic heterocycles. The zero-order valence-electron chi connectivity index (χ0n) is 8.78. The van der Waals surface area contributed by atoms with Gasteiger partial charge in [-0.2, -0.15) is 13.2 Å². The van der Waals surface area contributed by atoms with Crippen molar-refractivity contribution in [2.24, 2.45) is 0 Å². The normalized spacial score (nSPS) is 13.5. The van der Waals surface area contributed by atoms with Crippen molar-refractivity contribution < 1.29 is 37.3 Å². The van der Waals surface area contributed by atoms with Gasteiger partial charge in [0.15, 0.2) is 18.1 Å². The Morgan fingerprint density at radius 1 is 1.39 bits per heavy atom. The number of carboxylic acids is 1. The molecule has 18 heavy (non-hydrogen) atoms. The lowest BCUT2D eigenvalue weighted by molar-refractivity contribution is -0.153. The number of hydrogen-bond donors (Lipinski definition) is 1. The van der Waals surface area contributed by atoms with E-state index in [9.17, 15) is 18.0 Å². The Bertz CT molecular complexity index is 483. The van der Waals surface area contributed by atoms with Gasteiger partial charge in [0.25, 0.3) is 0 Å². The van der Waals surface area contributed by atoms with Gasteiger partial charge in [-0.3, -0.25) is 0 Å². The molecule has 0 saturated heterocycles. The Morgan fingerprint density at radius 3 is 2.72 bits per heavy atom. The summed E-state index contributed by atoms with van der Waals surface area (Å²) in [5.74, 6) is -1.58. The number of hydrogen-bond acceptors (Lipinski definition) is 4. The van der Waals surface area contributed by atoms with Crippen molar-refractivity contribution in [3.05, 3.63) is 17.7 Å². The number of fused-ring (bicyclic) bond motifs is 1. The highest BCUT2D eigenvalue weighted by Gasteiger charge is 2.30. The zero-order chi connectivity index (χ0) is 13.3. The largest absolute Gasteiger partial charge is 0.480 e. The van der Waals surface area contributed by atoms with Gasteiger partial charge < -0.3 is 19.3 Å². The Hall–Kier alpha value is -2.12. The van der Waals surface area contributed by atoms with Crippen LogP contribution < -0.4 is 14.2 Å². The third-order valence-electron chi connectivity index (χ3n) is 2.08. The second-order valence-electron chi connectivity index (χ2n) is 3.42. The molecule has 0 aliphatic carbocycles. The van der Waals surface area contributed by atoms with Crippen LogP contribution in [0.25, 0.3) is 0 Å². The van der Waals surface area contributed by atoms with E-state index in [4.69, 9.17) is 14.6 Å². The van der Waals surface area contributed by atoms with Crippen molar-refractivity contribution in [3.8, 4) is 17.2 Å². The van der Waals surface area contributed by atoms with Crippen LogP contribution in [0.15, 0.2) is 12.1 Å². The second-order valence-corrected chi connectivity index (χ2v) is 3.42. The van der Waals surface area contributed by atoms with Gasteiger partial charge in [-0.15, -0.1) is 0 Å². The van der Waals surface area contributed by atoms with Crippen molar-refractivity contribution >= 4 is 5.97 Å². The lowest BCUT2D eigenvalue weighted by Crippen LogP contribution is -2.19. The topological polar surface area (TPSA) is 65.0 Å². The first kappa shape index (κ1) is 12.3. The van der Waals surface area contributed by atoms with Crippen LogP contribution in [0.2, 0.25) is 0 Å².